The largest absolute Gasteiger partial charge is 0.349 e. The first kappa shape index (κ1) is 18.0. The van der Waals surface area contributed by atoms with Crippen LogP contribution in [0.1, 0.15) is 39.0 Å². The van der Waals surface area contributed by atoms with Crippen LogP contribution in [0.15, 0.2) is 4.99 Å². The highest BCUT2D eigenvalue weighted by molar-refractivity contribution is 14.0. The van der Waals surface area contributed by atoms with E-state index >= 15 is 0 Å². The second-order valence-corrected chi connectivity index (χ2v) is 5.90. The predicted molar refractivity (Wildman–Crippen MR) is 90.8 cm³/mol. The maximum absolute atomic E-state index is 4.71. The highest BCUT2D eigenvalue weighted by Gasteiger charge is 2.18. The maximum atomic E-state index is 4.71. The van der Waals surface area contributed by atoms with Crippen LogP contribution in [-0.2, 0) is 0 Å². The van der Waals surface area contributed by atoms with E-state index in [2.05, 4.69) is 44.9 Å². The van der Waals surface area contributed by atoms with Gasteiger partial charge in [-0.15, -0.1) is 24.0 Å². The molecule has 0 spiro atoms. The fourth-order valence-electron chi connectivity index (χ4n) is 2.85. The number of halogens is 1. The average Bonchev–Trinajstić information content (AvgIpc) is 2.23. The third-order valence-corrected chi connectivity index (χ3v) is 3.64. The molecule has 0 amide bonds. The van der Waals surface area contributed by atoms with Gasteiger partial charge >= 0.3 is 0 Å². The molecular formula is C14H30IN3. The molecule has 1 saturated carbocycles. The van der Waals surface area contributed by atoms with Crippen LogP contribution < -0.4 is 0 Å². The summed E-state index contributed by atoms with van der Waals surface area (Å²) in [6.45, 7) is 3.36. The van der Waals surface area contributed by atoms with Crippen LogP contribution in [0.5, 0.6) is 0 Å². The molecule has 108 valence electrons. The van der Waals surface area contributed by atoms with Crippen molar-refractivity contribution in [1.82, 2.24) is 9.80 Å². The Balaban J connectivity index is 0.00000289. The number of aliphatic imine (C=N–C) groups is 1. The predicted octanol–water partition coefficient (Wildman–Crippen LogP) is 3.30. The van der Waals surface area contributed by atoms with Crippen LogP contribution in [0.3, 0.4) is 0 Å². The second kappa shape index (κ2) is 8.99. The molecule has 2 unspecified atom stereocenters. The van der Waals surface area contributed by atoms with Gasteiger partial charge in [0.05, 0.1) is 0 Å². The van der Waals surface area contributed by atoms with E-state index in [4.69, 9.17) is 4.99 Å². The Labute approximate surface area is 130 Å². The zero-order chi connectivity index (χ0) is 12.8. The van der Waals surface area contributed by atoms with Gasteiger partial charge in [-0.05, 0) is 24.7 Å². The molecule has 0 aromatic heterocycles. The van der Waals surface area contributed by atoms with Gasteiger partial charge < -0.3 is 9.80 Å². The molecule has 0 aromatic carbocycles. The highest BCUT2D eigenvalue weighted by Crippen LogP contribution is 2.30. The van der Waals surface area contributed by atoms with E-state index in [0.29, 0.717) is 0 Å². The summed E-state index contributed by atoms with van der Waals surface area (Å²) in [5.41, 5.74) is 0. The Morgan fingerprint density at radius 1 is 1.11 bits per heavy atom. The van der Waals surface area contributed by atoms with Gasteiger partial charge in [-0.3, -0.25) is 4.99 Å². The molecular weight excluding hydrogens is 337 g/mol. The van der Waals surface area contributed by atoms with E-state index < -0.39 is 0 Å². The summed E-state index contributed by atoms with van der Waals surface area (Å²) in [6.07, 6.45) is 6.94. The second-order valence-electron chi connectivity index (χ2n) is 5.90. The SMILES string of the molecule is CC1CCCC(CCN=C(N(C)C)N(C)C)C1.I. The lowest BCUT2D eigenvalue weighted by Gasteiger charge is -2.27. The molecule has 0 bridgehead atoms. The molecule has 0 radical (unpaired) electrons. The van der Waals surface area contributed by atoms with Crippen molar-refractivity contribution < 1.29 is 0 Å². The van der Waals surface area contributed by atoms with Crippen LogP contribution in [0.4, 0.5) is 0 Å². The van der Waals surface area contributed by atoms with Crippen LogP contribution in [-0.4, -0.2) is 50.5 Å². The van der Waals surface area contributed by atoms with E-state index in [1.807, 2.05) is 0 Å². The average molecular weight is 367 g/mol. The fraction of sp³-hybridized carbons (Fsp3) is 0.929. The lowest BCUT2D eigenvalue weighted by molar-refractivity contribution is 0.272. The summed E-state index contributed by atoms with van der Waals surface area (Å²) >= 11 is 0. The summed E-state index contributed by atoms with van der Waals surface area (Å²) in [6, 6.07) is 0. The zero-order valence-electron chi connectivity index (χ0n) is 12.6. The molecule has 4 heteroatoms. The minimum atomic E-state index is 0. The standard InChI is InChI=1S/C14H29N3.HI/c1-12-7-6-8-13(11-12)9-10-15-14(16(2)3)17(4)5;/h12-13H,6-11H2,1-5H3;1H. The minimum Gasteiger partial charge on any atom is -0.349 e. The Kier molecular flexibility index (Phi) is 8.99. The number of guanidine groups is 1. The summed E-state index contributed by atoms with van der Waals surface area (Å²) in [5.74, 6) is 2.92. The first-order valence-electron chi connectivity index (χ1n) is 6.89. The normalized spacial score (nSPS) is 22.9. The van der Waals surface area contributed by atoms with Crippen LogP contribution in [0, 0.1) is 11.8 Å². The molecule has 2 atom stereocenters. The fourth-order valence-corrected chi connectivity index (χ4v) is 2.85. The summed E-state index contributed by atoms with van der Waals surface area (Å²) < 4.78 is 0. The van der Waals surface area contributed by atoms with Crippen LogP contribution in [0.25, 0.3) is 0 Å². The Hall–Kier alpha value is 0. The van der Waals surface area contributed by atoms with Gasteiger partial charge in [-0.25, -0.2) is 0 Å². The minimum absolute atomic E-state index is 0. The molecule has 18 heavy (non-hydrogen) atoms. The molecule has 1 aliphatic carbocycles. The van der Waals surface area contributed by atoms with Crippen LogP contribution >= 0.6 is 24.0 Å². The molecule has 1 aliphatic rings. The first-order valence-corrected chi connectivity index (χ1v) is 6.89. The van der Waals surface area contributed by atoms with Crippen molar-refractivity contribution in [3.8, 4) is 0 Å². The number of rotatable bonds is 3. The van der Waals surface area contributed by atoms with Gasteiger partial charge in [0.15, 0.2) is 5.96 Å². The third-order valence-electron chi connectivity index (χ3n) is 3.64. The molecule has 0 aromatic rings. The molecule has 0 saturated heterocycles. The molecule has 0 heterocycles. The lowest BCUT2D eigenvalue weighted by Crippen LogP contribution is -2.35. The molecule has 0 N–H and O–H groups in total. The molecule has 1 fully saturated rings. The van der Waals surface area contributed by atoms with Gasteiger partial charge in [-0.1, -0.05) is 26.2 Å². The molecule has 1 rings (SSSR count). The van der Waals surface area contributed by atoms with E-state index in [1.165, 1.54) is 32.1 Å². The quantitative estimate of drug-likeness (QED) is 0.433. The Bertz CT molecular complexity index is 241. The van der Waals surface area contributed by atoms with E-state index in [1.54, 1.807) is 0 Å². The van der Waals surface area contributed by atoms with Gasteiger partial charge in [-0.2, -0.15) is 0 Å². The van der Waals surface area contributed by atoms with Gasteiger partial charge in [0.2, 0.25) is 0 Å². The van der Waals surface area contributed by atoms with Crippen LogP contribution in [0.2, 0.25) is 0 Å². The molecule has 0 aliphatic heterocycles. The third kappa shape index (κ3) is 6.25. The summed E-state index contributed by atoms with van der Waals surface area (Å²) in [4.78, 5) is 8.88. The van der Waals surface area contributed by atoms with Gasteiger partial charge in [0, 0.05) is 34.7 Å². The number of hydrogen-bond donors (Lipinski definition) is 0. The number of hydrogen-bond acceptors (Lipinski definition) is 1. The molecule has 3 nitrogen and oxygen atoms in total. The van der Waals surface area contributed by atoms with Gasteiger partial charge in [0.25, 0.3) is 0 Å². The van der Waals surface area contributed by atoms with Gasteiger partial charge in [0.1, 0.15) is 0 Å². The lowest BCUT2D eigenvalue weighted by atomic mass is 9.81. The van der Waals surface area contributed by atoms with Crippen molar-refractivity contribution in [2.45, 2.75) is 39.0 Å². The van der Waals surface area contributed by atoms with Crippen molar-refractivity contribution in [3.05, 3.63) is 0 Å². The van der Waals surface area contributed by atoms with Crippen molar-refractivity contribution in [2.24, 2.45) is 16.8 Å². The number of nitrogens with zero attached hydrogens (tertiary/aromatic N) is 3. The van der Waals surface area contributed by atoms with Crippen molar-refractivity contribution in [2.75, 3.05) is 34.7 Å². The van der Waals surface area contributed by atoms with Crippen molar-refractivity contribution >= 4 is 29.9 Å². The monoisotopic (exact) mass is 367 g/mol. The van der Waals surface area contributed by atoms with E-state index in [9.17, 15) is 0 Å². The van der Waals surface area contributed by atoms with E-state index in [0.717, 1.165) is 24.3 Å². The Morgan fingerprint density at radius 2 is 1.72 bits per heavy atom. The zero-order valence-corrected chi connectivity index (χ0v) is 15.0. The smallest absolute Gasteiger partial charge is 0.195 e. The topological polar surface area (TPSA) is 18.8 Å². The summed E-state index contributed by atoms with van der Waals surface area (Å²) in [5, 5.41) is 0. The highest BCUT2D eigenvalue weighted by atomic mass is 127. The summed E-state index contributed by atoms with van der Waals surface area (Å²) in [7, 11) is 8.23. The maximum Gasteiger partial charge on any atom is 0.195 e. The first-order chi connectivity index (χ1) is 8.00. The van der Waals surface area contributed by atoms with E-state index in [-0.39, 0.29) is 24.0 Å². The van der Waals surface area contributed by atoms with Crippen molar-refractivity contribution in [3.63, 3.8) is 0 Å². The Morgan fingerprint density at radius 3 is 2.22 bits per heavy atom. The van der Waals surface area contributed by atoms with Crippen molar-refractivity contribution in [1.29, 1.82) is 0 Å².